The summed E-state index contributed by atoms with van der Waals surface area (Å²) in [6, 6.07) is 6.54. The first-order valence-electron chi connectivity index (χ1n) is 7.96. The van der Waals surface area contributed by atoms with Gasteiger partial charge in [0.05, 0.1) is 18.8 Å². The van der Waals surface area contributed by atoms with E-state index in [1.54, 1.807) is 35.0 Å². The maximum absolute atomic E-state index is 13.6. The van der Waals surface area contributed by atoms with Gasteiger partial charge in [-0.2, -0.15) is 0 Å². The second-order valence-electron chi connectivity index (χ2n) is 6.38. The van der Waals surface area contributed by atoms with Crippen molar-refractivity contribution in [2.45, 2.75) is 31.4 Å². The first kappa shape index (κ1) is 17.8. The highest BCUT2D eigenvalue weighted by Crippen LogP contribution is 2.21. The summed E-state index contributed by atoms with van der Waals surface area (Å²) in [7, 11) is 1.78. The smallest absolute Gasteiger partial charge is 0.236 e. The number of nitrogens with zero attached hydrogens (tertiary/aromatic N) is 2. The maximum Gasteiger partial charge on any atom is 0.236 e. The van der Waals surface area contributed by atoms with Crippen molar-refractivity contribution in [1.82, 2.24) is 9.80 Å². The molecule has 1 saturated heterocycles. The summed E-state index contributed by atoms with van der Waals surface area (Å²) in [5.41, 5.74) is -0.512. The van der Waals surface area contributed by atoms with Gasteiger partial charge in [0.1, 0.15) is 5.82 Å². The van der Waals surface area contributed by atoms with Crippen LogP contribution in [0.15, 0.2) is 24.3 Å². The van der Waals surface area contributed by atoms with Crippen LogP contribution in [0.25, 0.3) is 0 Å². The molecule has 0 bridgehead atoms. The zero-order valence-electron chi connectivity index (χ0n) is 13.5. The molecule has 128 valence electrons. The summed E-state index contributed by atoms with van der Waals surface area (Å²) in [5, 5.41) is 19.4. The lowest BCUT2D eigenvalue weighted by Gasteiger charge is -2.26. The normalized spacial score (nSPS) is 22.2. The van der Waals surface area contributed by atoms with Crippen LogP contribution in [0.1, 0.15) is 24.8 Å². The summed E-state index contributed by atoms with van der Waals surface area (Å²) < 4.78 is 13.6. The van der Waals surface area contributed by atoms with E-state index in [1.165, 1.54) is 6.07 Å². The number of likely N-dealkylation sites (tertiary alicyclic amines) is 1. The van der Waals surface area contributed by atoms with Crippen LogP contribution in [-0.4, -0.2) is 64.8 Å². The van der Waals surface area contributed by atoms with Crippen molar-refractivity contribution in [3.05, 3.63) is 35.6 Å². The van der Waals surface area contributed by atoms with Crippen molar-refractivity contribution < 1.29 is 19.4 Å². The van der Waals surface area contributed by atoms with E-state index in [9.17, 15) is 19.4 Å². The van der Waals surface area contributed by atoms with Gasteiger partial charge in [0.25, 0.3) is 0 Å². The Balaban J connectivity index is 1.87. The van der Waals surface area contributed by atoms with E-state index in [-0.39, 0.29) is 24.9 Å². The molecular weight excluding hydrogens is 299 g/mol. The molecule has 1 aliphatic heterocycles. The summed E-state index contributed by atoms with van der Waals surface area (Å²) in [6.45, 7) is 1.30. The minimum Gasteiger partial charge on any atom is -0.393 e. The molecule has 0 aromatic heterocycles. The van der Waals surface area contributed by atoms with Gasteiger partial charge in [0, 0.05) is 25.2 Å². The van der Waals surface area contributed by atoms with Gasteiger partial charge in [-0.05, 0) is 32.4 Å². The van der Waals surface area contributed by atoms with E-state index in [0.717, 1.165) is 0 Å². The molecule has 1 aliphatic rings. The predicted molar refractivity (Wildman–Crippen MR) is 85.2 cm³/mol. The summed E-state index contributed by atoms with van der Waals surface area (Å²) in [5.74, 6) is -0.305. The first-order valence-corrected chi connectivity index (χ1v) is 7.96. The van der Waals surface area contributed by atoms with Crippen LogP contribution in [0.3, 0.4) is 0 Å². The maximum atomic E-state index is 13.6. The number of benzene rings is 1. The molecule has 1 unspecified atom stereocenters. The molecule has 0 spiro atoms. The number of rotatable bonds is 5. The zero-order valence-corrected chi connectivity index (χ0v) is 13.5. The van der Waals surface area contributed by atoms with Crippen molar-refractivity contribution in [3.63, 3.8) is 0 Å². The van der Waals surface area contributed by atoms with E-state index < -0.39 is 5.60 Å². The van der Waals surface area contributed by atoms with E-state index in [2.05, 4.69) is 0 Å². The van der Waals surface area contributed by atoms with Gasteiger partial charge in [-0.3, -0.25) is 9.69 Å². The lowest BCUT2D eigenvalue weighted by atomic mass is 9.96. The van der Waals surface area contributed by atoms with Crippen LogP contribution in [0.5, 0.6) is 0 Å². The second kappa shape index (κ2) is 7.86. The minimum absolute atomic E-state index is 0.0361. The van der Waals surface area contributed by atoms with Crippen molar-refractivity contribution in [2.24, 2.45) is 0 Å². The minimum atomic E-state index is -1.08. The highest BCUT2D eigenvalue weighted by Gasteiger charge is 2.30. The molecule has 1 atom stereocenters. The average Bonchev–Trinajstić information content (AvgIpc) is 2.72. The summed E-state index contributed by atoms with van der Waals surface area (Å²) in [6.07, 6.45) is 1.55. The van der Waals surface area contributed by atoms with E-state index >= 15 is 0 Å². The third-order valence-corrected chi connectivity index (χ3v) is 4.37. The average molecular weight is 324 g/mol. The molecular formula is C17H25FN2O3. The monoisotopic (exact) mass is 324 g/mol. The van der Waals surface area contributed by atoms with Gasteiger partial charge in [0.2, 0.25) is 5.91 Å². The number of likely N-dealkylation sites (N-methyl/N-ethyl adjacent to an activating group) is 1. The molecule has 0 saturated carbocycles. The van der Waals surface area contributed by atoms with Crippen LogP contribution >= 0.6 is 0 Å². The van der Waals surface area contributed by atoms with Crippen molar-refractivity contribution in [1.29, 1.82) is 0 Å². The number of aliphatic hydroxyl groups excluding tert-OH is 1. The molecule has 1 amide bonds. The largest absolute Gasteiger partial charge is 0.393 e. The van der Waals surface area contributed by atoms with Crippen molar-refractivity contribution in [3.8, 4) is 0 Å². The zero-order chi connectivity index (χ0) is 16.9. The van der Waals surface area contributed by atoms with Crippen molar-refractivity contribution in [2.75, 3.05) is 33.3 Å². The number of hydrogen-bond donors (Lipinski definition) is 2. The van der Waals surface area contributed by atoms with Gasteiger partial charge < -0.3 is 15.1 Å². The van der Waals surface area contributed by atoms with Crippen molar-refractivity contribution >= 4 is 5.91 Å². The number of aliphatic hydroxyl groups is 2. The molecule has 2 N–H and O–H groups in total. The highest BCUT2D eigenvalue weighted by atomic mass is 19.1. The van der Waals surface area contributed by atoms with Gasteiger partial charge in [-0.25, -0.2) is 4.39 Å². The van der Waals surface area contributed by atoms with Crippen LogP contribution < -0.4 is 0 Å². The molecule has 0 radical (unpaired) electrons. The molecule has 5 nitrogen and oxygen atoms in total. The molecule has 6 heteroatoms. The third kappa shape index (κ3) is 4.99. The topological polar surface area (TPSA) is 64.0 Å². The van der Waals surface area contributed by atoms with Gasteiger partial charge >= 0.3 is 0 Å². The molecule has 0 aliphatic carbocycles. The fraction of sp³-hybridized carbons (Fsp3) is 0.588. The summed E-state index contributed by atoms with van der Waals surface area (Å²) in [4.78, 5) is 15.9. The predicted octanol–water partition coefficient (Wildman–Crippen LogP) is 0.993. The van der Waals surface area contributed by atoms with Crippen LogP contribution in [-0.2, 0) is 11.3 Å². The van der Waals surface area contributed by atoms with Crippen LogP contribution in [0, 0.1) is 5.82 Å². The number of hydrogen-bond acceptors (Lipinski definition) is 4. The van der Waals surface area contributed by atoms with Gasteiger partial charge in [-0.15, -0.1) is 0 Å². The van der Waals surface area contributed by atoms with E-state index in [1.807, 2.05) is 0 Å². The fourth-order valence-electron chi connectivity index (χ4n) is 2.89. The first-order chi connectivity index (χ1) is 10.9. The Morgan fingerprint density at radius 1 is 1.35 bits per heavy atom. The molecule has 23 heavy (non-hydrogen) atoms. The second-order valence-corrected chi connectivity index (χ2v) is 6.38. The Morgan fingerprint density at radius 2 is 2.09 bits per heavy atom. The Bertz CT molecular complexity index is 540. The Hall–Kier alpha value is -1.50. The van der Waals surface area contributed by atoms with Gasteiger partial charge in [-0.1, -0.05) is 18.2 Å². The van der Waals surface area contributed by atoms with Crippen LogP contribution in [0.4, 0.5) is 4.39 Å². The summed E-state index contributed by atoms with van der Waals surface area (Å²) >= 11 is 0. The highest BCUT2D eigenvalue weighted by molar-refractivity contribution is 5.78. The number of halogens is 1. The lowest BCUT2D eigenvalue weighted by Crippen LogP contribution is -2.40. The molecule has 2 rings (SSSR count). The Kier molecular flexibility index (Phi) is 6.10. The lowest BCUT2D eigenvalue weighted by molar-refractivity contribution is -0.132. The molecule has 1 aromatic rings. The van der Waals surface area contributed by atoms with Crippen LogP contribution in [0.2, 0.25) is 0 Å². The van der Waals surface area contributed by atoms with Gasteiger partial charge in [0.15, 0.2) is 0 Å². The van der Waals surface area contributed by atoms with E-state index in [4.69, 9.17) is 0 Å². The SMILES string of the molecule is CN(CC(=O)N1CCCC(O)(CO)CC1)Cc1ccccc1F. The molecule has 1 aromatic carbocycles. The fourth-order valence-corrected chi connectivity index (χ4v) is 2.89. The standard InChI is InChI=1S/C17H25FN2O3/c1-19(11-14-5-2-3-6-15(14)18)12-16(22)20-9-4-7-17(23,13-21)8-10-20/h2-3,5-6,21,23H,4,7-13H2,1H3. The quantitative estimate of drug-likeness (QED) is 0.848. The Labute approximate surface area is 136 Å². The number of amides is 1. The molecule has 1 heterocycles. The number of carbonyl (C=O) groups excluding carboxylic acids is 1. The third-order valence-electron chi connectivity index (χ3n) is 4.37. The Morgan fingerprint density at radius 3 is 2.78 bits per heavy atom. The van der Waals surface area contributed by atoms with E-state index in [0.29, 0.717) is 44.5 Å². The number of carbonyl (C=O) groups is 1. The molecule has 1 fully saturated rings.